The Morgan fingerprint density at radius 3 is 2.36 bits per heavy atom. The Balaban J connectivity index is 2.16. The van der Waals surface area contributed by atoms with Crippen LogP contribution in [0.5, 0.6) is 0 Å². The Morgan fingerprint density at radius 2 is 1.71 bits per heavy atom. The zero-order chi connectivity index (χ0) is 9.80. The Hall–Kier alpha value is -1.70. The van der Waals surface area contributed by atoms with Crippen molar-refractivity contribution in [2.75, 3.05) is 0 Å². The van der Waals surface area contributed by atoms with Crippen LogP contribution in [0.15, 0.2) is 48.8 Å². The summed E-state index contributed by atoms with van der Waals surface area (Å²) in [5, 5.41) is 0. The Bertz CT molecular complexity index is 394. The SMILES string of the molecule is Fc1ccc(C[n+]2cc[c]cc2)cc1. The highest BCUT2D eigenvalue weighted by Gasteiger charge is 2.00. The molecule has 0 bridgehead atoms. The van der Waals surface area contributed by atoms with Crippen molar-refractivity contribution in [3.8, 4) is 0 Å². The summed E-state index contributed by atoms with van der Waals surface area (Å²) in [6.45, 7) is 0.759. The van der Waals surface area contributed by atoms with Gasteiger partial charge in [0.1, 0.15) is 5.82 Å². The lowest BCUT2D eigenvalue weighted by molar-refractivity contribution is -0.688. The van der Waals surface area contributed by atoms with Crippen LogP contribution in [-0.2, 0) is 6.54 Å². The van der Waals surface area contributed by atoms with E-state index in [1.54, 1.807) is 12.1 Å². The summed E-state index contributed by atoms with van der Waals surface area (Å²) in [7, 11) is 0. The number of hydrogen-bond acceptors (Lipinski definition) is 0. The number of pyridine rings is 1. The number of hydrogen-bond donors (Lipinski definition) is 0. The van der Waals surface area contributed by atoms with Crippen LogP contribution in [0.4, 0.5) is 4.39 Å². The zero-order valence-corrected chi connectivity index (χ0v) is 7.65. The summed E-state index contributed by atoms with van der Waals surface area (Å²) in [6.07, 6.45) is 3.87. The van der Waals surface area contributed by atoms with Gasteiger partial charge < -0.3 is 0 Å². The molecule has 1 nitrogen and oxygen atoms in total. The lowest BCUT2D eigenvalue weighted by Crippen LogP contribution is -2.32. The van der Waals surface area contributed by atoms with E-state index in [0.717, 1.165) is 12.1 Å². The molecule has 0 aliphatic rings. The molecule has 0 saturated carbocycles. The second kappa shape index (κ2) is 4.01. The molecule has 0 N–H and O–H groups in total. The van der Waals surface area contributed by atoms with E-state index in [1.165, 1.54) is 12.1 Å². The fourth-order valence-electron chi connectivity index (χ4n) is 1.29. The van der Waals surface area contributed by atoms with Crippen molar-refractivity contribution in [1.29, 1.82) is 0 Å². The first kappa shape index (κ1) is 8.88. The molecule has 1 heterocycles. The Labute approximate surface area is 82.4 Å². The van der Waals surface area contributed by atoms with E-state index in [1.807, 2.05) is 29.1 Å². The topological polar surface area (TPSA) is 3.88 Å². The minimum Gasteiger partial charge on any atom is -0.207 e. The normalized spacial score (nSPS) is 10.1. The molecule has 0 fully saturated rings. The van der Waals surface area contributed by atoms with Gasteiger partial charge in [0.25, 0.3) is 0 Å². The largest absolute Gasteiger partial charge is 0.207 e. The maximum Gasteiger partial charge on any atom is 0.173 e. The van der Waals surface area contributed by atoms with Crippen molar-refractivity contribution < 1.29 is 8.96 Å². The fourth-order valence-corrected chi connectivity index (χ4v) is 1.29. The van der Waals surface area contributed by atoms with Crippen LogP contribution in [0.25, 0.3) is 0 Å². The molecular formula is C12H10FN+. The number of halogens is 1. The molecular weight excluding hydrogens is 177 g/mol. The molecule has 0 unspecified atom stereocenters. The Morgan fingerprint density at radius 1 is 1.07 bits per heavy atom. The van der Waals surface area contributed by atoms with Crippen LogP contribution in [-0.4, -0.2) is 0 Å². The predicted molar refractivity (Wildman–Crippen MR) is 51.0 cm³/mol. The number of nitrogens with zero attached hydrogens (tertiary/aromatic N) is 1. The second-order valence-corrected chi connectivity index (χ2v) is 3.10. The molecule has 1 radical (unpaired) electrons. The van der Waals surface area contributed by atoms with Crippen LogP contribution in [0.2, 0.25) is 0 Å². The highest BCUT2D eigenvalue weighted by Crippen LogP contribution is 2.01. The minimum atomic E-state index is -0.194. The van der Waals surface area contributed by atoms with Gasteiger partial charge in [-0.05, 0) is 30.3 Å². The average molecular weight is 187 g/mol. The highest BCUT2D eigenvalue weighted by molar-refractivity contribution is 5.14. The van der Waals surface area contributed by atoms with Gasteiger partial charge in [-0.3, -0.25) is 0 Å². The third kappa shape index (κ3) is 2.16. The number of aromatic nitrogens is 1. The first-order valence-corrected chi connectivity index (χ1v) is 4.44. The highest BCUT2D eigenvalue weighted by atomic mass is 19.1. The zero-order valence-electron chi connectivity index (χ0n) is 7.65. The van der Waals surface area contributed by atoms with Crippen molar-refractivity contribution in [2.45, 2.75) is 6.54 Å². The van der Waals surface area contributed by atoms with Gasteiger partial charge in [0.2, 0.25) is 0 Å². The molecule has 0 amide bonds. The quantitative estimate of drug-likeness (QED) is 0.633. The number of rotatable bonds is 2. The number of benzene rings is 1. The minimum absolute atomic E-state index is 0.194. The van der Waals surface area contributed by atoms with Gasteiger partial charge in [0.05, 0.1) is 0 Å². The molecule has 69 valence electrons. The summed E-state index contributed by atoms with van der Waals surface area (Å²) in [4.78, 5) is 0. The molecule has 1 aromatic carbocycles. The summed E-state index contributed by atoms with van der Waals surface area (Å²) < 4.78 is 14.6. The monoisotopic (exact) mass is 187 g/mol. The first-order chi connectivity index (χ1) is 6.84. The molecule has 1 aromatic heterocycles. The molecule has 0 atom stereocenters. The third-order valence-electron chi connectivity index (χ3n) is 2.00. The van der Waals surface area contributed by atoms with Crippen LogP contribution >= 0.6 is 0 Å². The maximum atomic E-state index is 12.6. The Kier molecular flexibility index (Phi) is 2.54. The van der Waals surface area contributed by atoms with Crippen LogP contribution in [0, 0.1) is 11.9 Å². The van der Waals surface area contributed by atoms with Crippen LogP contribution < -0.4 is 4.57 Å². The molecule has 2 aromatic rings. The van der Waals surface area contributed by atoms with E-state index in [2.05, 4.69) is 6.07 Å². The molecule has 14 heavy (non-hydrogen) atoms. The van der Waals surface area contributed by atoms with E-state index in [9.17, 15) is 4.39 Å². The molecule has 0 spiro atoms. The van der Waals surface area contributed by atoms with Crippen molar-refractivity contribution >= 4 is 0 Å². The lowest BCUT2D eigenvalue weighted by atomic mass is 10.2. The van der Waals surface area contributed by atoms with E-state index in [-0.39, 0.29) is 5.82 Å². The van der Waals surface area contributed by atoms with Crippen molar-refractivity contribution in [3.63, 3.8) is 0 Å². The van der Waals surface area contributed by atoms with Gasteiger partial charge in [-0.15, -0.1) is 0 Å². The van der Waals surface area contributed by atoms with Crippen molar-refractivity contribution in [2.24, 2.45) is 0 Å². The molecule has 0 aliphatic heterocycles. The summed E-state index contributed by atoms with van der Waals surface area (Å²) >= 11 is 0. The molecule has 0 aliphatic carbocycles. The third-order valence-corrected chi connectivity index (χ3v) is 2.00. The van der Waals surface area contributed by atoms with E-state index < -0.39 is 0 Å². The lowest BCUT2D eigenvalue weighted by Gasteiger charge is -1.96. The van der Waals surface area contributed by atoms with Crippen molar-refractivity contribution in [1.82, 2.24) is 0 Å². The van der Waals surface area contributed by atoms with E-state index >= 15 is 0 Å². The first-order valence-electron chi connectivity index (χ1n) is 4.44. The van der Waals surface area contributed by atoms with Gasteiger partial charge in [-0.25, -0.2) is 8.96 Å². The molecule has 2 rings (SSSR count). The maximum absolute atomic E-state index is 12.6. The predicted octanol–water partition coefficient (Wildman–Crippen LogP) is 1.96. The standard InChI is InChI=1S/C12H10FN/c13-12-6-4-11(5-7-12)10-14-8-2-1-3-9-14/h2-9H,10H2/q+1. The summed E-state index contributed by atoms with van der Waals surface area (Å²) in [5.74, 6) is -0.194. The summed E-state index contributed by atoms with van der Waals surface area (Å²) in [6, 6.07) is 13.2. The average Bonchev–Trinajstić information content (AvgIpc) is 2.23. The van der Waals surface area contributed by atoms with Crippen LogP contribution in [0.1, 0.15) is 5.56 Å². The van der Waals surface area contributed by atoms with Gasteiger partial charge in [-0.1, -0.05) is 0 Å². The molecule has 0 saturated heterocycles. The second-order valence-electron chi connectivity index (χ2n) is 3.10. The van der Waals surface area contributed by atoms with Gasteiger partial charge >= 0.3 is 0 Å². The fraction of sp³-hybridized carbons (Fsp3) is 0.0833. The van der Waals surface area contributed by atoms with E-state index in [4.69, 9.17) is 0 Å². The van der Waals surface area contributed by atoms with Gasteiger partial charge in [0, 0.05) is 17.7 Å². The van der Waals surface area contributed by atoms with Gasteiger partial charge in [0.15, 0.2) is 18.9 Å². The van der Waals surface area contributed by atoms with E-state index in [0.29, 0.717) is 0 Å². The molecule has 2 heteroatoms. The smallest absolute Gasteiger partial charge is 0.173 e. The van der Waals surface area contributed by atoms with Gasteiger partial charge in [-0.2, -0.15) is 0 Å². The summed E-state index contributed by atoms with van der Waals surface area (Å²) in [5.41, 5.74) is 1.09. The van der Waals surface area contributed by atoms with Crippen LogP contribution in [0.3, 0.4) is 0 Å². The van der Waals surface area contributed by atoms with Crippen molar-refractivity contribution in [3.05, 3.63) is 66.2 Å².